The highest BCUT2D eigenvalue weighted by atomic mass is 32.1. The van der Waals surface area contributed by atoms with Crippen LogP contribution in [0.15, 0.2) is 18.2 Å². The molecule has 2 aromatic rings. The Morgan fingerprint density at radius 3 is 2.67 bits per heavy atom. The molecule has 1 heterocycles. The molecule has 0 saturated heterocycles. The van der Waals surface area contributed by atoms with E-state index in [1.807, 2.05) is 0 Å². The highest BCUT2D eigenvalue weighted by Crippen LogP contribution is 2.22. The number of nitrogens with zero attached hydrogens (tertiary/aromatic N) is 2. The van der Waals surface area contributed by atoms with E-state index in [1.165, 1.54) is 23.5 Å². The molecule has 6 heteroatoms. The van der Waals surface area contributed by atoms with Crippen LogP contribution in [0, 0.1) is 18.6 Å². The van der Waals surface area contributed by atoms with Crippen molar-refractivity contribution in [2.75, 3.05) is 5.32 Å². The second kappa shape index (κ2) is 3.90. The Kier molecular flexibility index (Phi) is 2.59. The van der Waals surface area contributed by atoms with Gasteiger partial charge in [0.2, 0.25) is 5.13 Å². The number of anilines is 2. The molecule has 0 atom stereocenters. The molecule has 15 heavy (non-hydrogen) atoms. The number of nitrogens with one attached hydrogen (secondary N) is 1. The molecule has 0 aliphatic carbocycles. The van der Waals surface area contributed by atoms with Gasteiger partial charge >= 0.3 is 0 Å². The van der Waals surface area contributed by atoms with Gasteiger partial charge in [-0.2, -0.15) is 0 Å². The smallest absolute Gasteiger partial charge is 0.210 e. The maximum absolute atomic E-state index is 13.2. The minimum absolute atomic E-state index is 0.188. The lowest BCUT2D eigenvalue weighted by Gasteiger charge is -2.02. The molecule has 0 saturated carbocycles. The van der Waals surface area contributed by atoms with Gasteiger partial charge < -0.3 is 5.32 Å². The molecular formula is C9H7F2N3S. The van der Waals surface area contributed by atoms with Crippen molar-refractivity contribution in [2.45, 2.75) is 6.92 Å². The lowest BCUT2D eigenvalue weighted by atomic mass is 10.3. The van der Waals surface area contributed by atoms with Gasteiger partial charge in [-0.3, -0.25) is 0 Å². The summed E-state index contributed by atoms with van der Waals surface area (Å²) in [7, 11) is 0. The Labute approximate surface area is 88.8 Å². The zero-order valence-corrected chi connectivity index (χ0v) is 8.61. The molecule has 0 fully saturated rings. The molecule has 78 valence electrons. The SMILES string of the molecule is Cc1nnc(Nc2ccc(F)cc2F)s1. The molecule has 0 amide bonds. The summed E-state index contributed by atoms with van der Waals surface area (Å²) in [5, 5.41) is 11.5. The van der Waals surface area contributed by atoms with Gasteiger partial charge in [-0.15, -0.1) is 10.2 Å². The quantitative estimate of drug-likeness (QED) is 0.857. The topological polar surface area (TPSA) is 37.8 Å². The maximum atomic E-state index is 13.2. The average Bonchev–Trinajstić information content (AvgIpc) is 2.56. The van der Waals surface area contributed by atoms with E-state index < -0.39 is 11.6 Å². The minimum atomic E-state index is -0.650. The molecule has 0 aliphatic rings. The van der Waals surface area contributed by atoms with Gasteiger partial charge in [-0.1, -0.05) is 11.3 Å². The lowest BCUT2D eigenvalue weighted by Crippen LogP contribution is -1.93. The minimum Gasteiger partial charge on any atom is -0.328 e. The van der Waals surface area contributed by atoms with Crippen molar-refractivity contribution >= 4 is 22.2 Å². The standard InChI is InChI=1S/C9H7F2N3S/c1-5-13-14-9(15-5)12-8-3-2-6(10)4-7(8)11/h2-4H,1H3,(H,12,14). The van der Waals surface area contributed by atoms with Crippen LogP contribution >= 0.6 is 11.3 Å². The molecule has 0 radical (unpaired) electrons. The number of hydrogen-bond donors (Lipinski definition) is 1. The van der Waals surface area contributed by atoms with Crippen LogP contribution in [-0.4, -0.2) is 10.2 Å². The fourth-order valence-corrected chi connectivity index (χ4v) is 1.66. The third-order valence-corrected chi connectivity index (χ3v) is 2.45. The Morgan fingerprint density at radius 1 is 1.27 bits per heavy atom. The number of rotatable bonds is 2. The molecular weight excluding hydrogens is 220 g/mol. The first-order valence-electron chi connectivity index (χ1n) is 4.17. The second-order valence-corrected chi connectivity index (χ2v) is 4.06. The zero-order valence-electron chi connectivity index (χ0n) is 7.79. The fraction of sp³-hybridized carbons (Fsp3) is 0.111. The monoisotopic (exact) mass is 227 g/mol. The maximum Gasteiger partial charge on any atom is 0.210 e. The largest absolute Gasteiger partial charge is 0.328 e. The van der Waals surface area contributed by atoms with Crippen molar-refractivity contribution in [1.82, 2.24) is 10.2 Å². The molecule has 0 spiro atoms. The third kappa shape index (κ3) is 2.27. The van der Waals surface area contributed by atoms with Gasteiger partial charge in [-0.05, 0) is 19.1 Å². The van der Waals surface area contributed by atoms with Crippen LogP contribution in [0.4, 0.5) is 19.6 Å². The van der Waals surface area contributed by atoms with Crippen molar-refractivity contribution < 1.29 is 8.78 Å². The summed E-state index contributed by atoms with van der Waals surface area (Å²) in [5.41, 5.74) is 0.188. The van der Waals surface area contributed by atoms with Crippen molar-refractivity contribution in [2.24, 2.45) is 0 Å². The summed E-state index contributed by atoms with van der Waals surface area (Å²) >= 11 is 1.30. The molecule has 1 aromatic carbocycles. The highest BCUT2D eigenvalue weighted by molar-refractivity contribution is 7.15. The van der Waals surface area contributed by atoms with E-state index in [4.69, 9.17) is 0 Å². The van der Waals surface area contributed by atoms with E-state index in [1.54, 1.807) is 6.92 Å². The number of aryl methyl sites for hydroxylation is 1. The molecule has 3 nitrogen and oxygen atoms in total. The van der Waals surface area contributed by atoms with Gasteiger partial charge in [-0.25, -0.2) is 8.78 Å². The number of benzene rings is 1. The van der Waals surface area contributed by atoms with E-state index in [0.29, 0.717) is 5.13 Å². The van der Waals surface area contributed by atoms with Crippen molar-refractivity contribution in [3.05, 3.63) is 34.8 Å². The van der Waals surface area contributed by atoms with Crippen LogP contribution in [0.5, 0.6) is 0 Å². The number of aromatic nitrogens is 2. The first-order valence-corrected chi connectivity index (χ1v) is 4.99. The Morgan fingerprint density at radius 2 is 2.07 bits per heavy atom. The average molecular weight is 227 g/mol. The van der Waals surface area contributed by atoms with E-state index >= 15 is 0 Å². The fourth-order valence-electron chi connectivity index (χ4n) is 1.05. The molecule has 2 rings (SSSR count). The van der Waals surface area contributed by atoms with E-state index in [-0.39, 0.29) is 5.69 Å². The Bertz CT molecular complexity index is 484. The summed E-state index contributed by atoms with van der Waals surface area (Å²) in [4.78, 5) is 0. The Balaban J connectivity index is 2.24. The summed E-state index contributed by atoms with van der Waals surface area (Å²) in [6.07, 6.45) is 0. The predicted octanol–water partition coefficient (Wildman–Crippen LogP) is 2.87. The van der Waals surface area contributed by atoms with Crippen molar-refractivity contribution in [3.8, 4) is 0 Å². The highest BCUT2D eigenvalue weighted by Gasteiger charge is 2.06. The van der Waals surface area contributed by atoms with Gasteiger partial charge in [0.05, 0.1) is 5.69 Å². The number of hydrogen-bond acceptors (Lipinski definition) is 4. The number of halogens is 2. The summed E-state index contributed by atoms with van der Waals surface area (Å²) in [6.45, 7) is 1.80. The first kappa shape index (κ1) is 9.97. The van der Waals surface area contributed by atoms with E-state index in [2.05, 4.69) is 15.5 Å². The van der Waals surface area contributed by atoms with Gasteiger partial charge in [0.15, 0.2) is 0 Å². The zero-order chi connectivity index (χ0) is 10.8. The van der Waals surface area contributed by atoms with Crippen LogP contribution < -0.4 is 5.32 Å². The Hall–Kier alpha value is -1.56. The summed E-state index contributed by atoms with van der Waals surface area (Å²) in [5.74, 6) is -1.26. The normalized spacial score (nSPS) is 10.3. The molecule has 0 aliphatic heterocycles. The molecule has 1 aromatic heterocycles. The van der Waals surface area contributed by atoms with Crippen LogP contribution in [0.2, 0.25) is 0 Å². The molecule has 0 bridgehead atoms. The lowest BCUT2D eigenvalue weighted by molar-refractivity contribution is 0.586. The van der Waals surface area contributed by atoms with E-state index in [0.717, 1.165) is 11.1 Å². The second-order valence-electron chi connectivity index (χ2n) is 2.88. The van der Waals surface area contributed by atoms with Gasteiger partial charge in [0, 0.05) is 6.07 Å². The summed E-state index contributed by atoms with van der Waals surface area (Å²) in [6, 6.07) is 3.32. The van der Waals surface area contributed by atoms with Crippen molar-refractivity contribution in [3.63, 3.8) is 0 Å². The van der Waals surface area contributed by atoms with E-state index in [9.17, 15) is 8.78 Å². The van der Waals surface area contributed by atoms with Gasteiger partial charge in [0.25, 0.3) is 0 Å². The predicted molar refractivity (Wildman–Crippen MR) is 54.3 cm³/mol. The van der Waals surface area contributed by atoms with Crippen molar-refractivity contribution in [1.29, 1.82) is 0 Å². The van der Waals surface area contributed by atoms with Crippen LogP contribution in [0.25, 0.3) is 0 Å². The van der Waals surface area contributed by atoms with Crippen LogP contribution in [-0.2, 0) is 0 Å². The molecule has 0 unspecified atom stereocenters. The van der Waals surface area contributed by atoms with Crippen LogP contribution in [0.3, 0.4) is 0 Å². The first-order chi connectivity index (χ1) is 7.15. The molecule has 1 N–H and O–H groups in total. The summed E-state index contributed by atoms with van der Waals surface area (Å²) < 4.78 is 25.8. The van der Waals surface area contributed by atoms with Crippen LogP contribution in [0.1, 0.15) is 5.01 Å². The third-order valence-electron chi connectivity index (χ3n) is 1.70. The van der Waals surface area contributed by atoms with Gasteiger partial charge in [0.1, 0.15) is 16.6 Å².